The third kappa shape index (κ3) is 4.29. The van der Waals surface area contributed by atoms with Gasteiger partial charge in [-0.25, -0.2) is 4.39 Å². The summed E-state index contributed by atoms with van der Waals surface area (Å²) in [5.74, 6) is 0.237. The first-order chi connectivity index (χ1) is 9.97. The summed E-state index contributed by atoms with van der Waals surface area (Å²) in [4.78, 5) is 0. The van der Waals surface area contributed by atoms with Crippen molar-refractivity contribution in [2.24, 2.45) is 0 Å². The first kappa shape index (κ1) is 16.0. The van der Waals surface area contributed by atoms with Gasteiger partial charge in [0.2, 0.25) is 0 Å². The molecule has 112 valence electrons. The second kappa shape index (κ2) is 7.06. The highest BCUT2D eigenvalue weighted by atomic mass is 35.5. The predicted molar refractivity (Wildman–Crippen MR) is 87.2 cm³/mol. The van der Waals surface area contributed by atoms with E-state index in [-0.39, 0.29) is 11.9 Å². The Hall–Kier alpha value is -1.38. The van der Waals surface area contributed by atoms with E-state index in [2.05, 4.69) is 50.4 Å². The molecule has 21 heavy (non-hydrogen) atoms. The van der Waals surface area contributed by atoms with E-state index in [1.807, 2.05) is 0 Å². The van der Waals surface area contributed by atoms with Crippen LogP contribution in [-0.4, -0.2) is 0 Å². The van der Waals surface area contributed by atoms with Crippen LogP contribution in [0.3, 0.4) is 0 Å². The molecule has 2 aromatic carbocycles. The summed E-state index contributed by atoms with van der Waals surface area (Å²) < 4.78 is 13.0. The molecule has 1 unspecified atom stereocenters. The van der Waals surface area contributed by atoms with Gasteiger partial charge in [0.05, 0.1) is 0 Å². The molecule has 3 heteroatoms. The number of benzene rings is 2. The van der Waals surface area contributed by atoms with Crippen molar-refractivity contribution in [1.29, 1.82) is 0 Å². The Bertz CT molecular complexity index is 593. The number of nitrogens with one attached hydrogen (secondary N) is 1. The average Bonchev–Trinajstić information content (AvgIpc) is 2.46. The summed E-state index contributed by atoms with van der Waals surface area (Å²) in [6, 6.07) is 13.4. The van der Waals surface area contributed by atoms with Gasteiger partial charge in [-0.15, -0.1) is 0 Å². The molecule has 2 rings (SSSR count). The molecule has 0 aliphatic rings. The highest BCUT2D eigenvalue weighted by Crippen LogP contribution is 2.21. The fourth-order valence-corrected chi connectivity index (χ4v) is 2.45. The second-order valence-corrected chi connectivity index (χ2v) is 6.07. The van der Waals surface area contributed by atoms with Crippen LogP contribution >= 0.6 is 11.6 Å². The zero-order valence-corrected chi connectivity index (χ0v) is 13.4. The molecule has 0 saturated heterocycles. The molecule has 0 saturated carbocycles. The maximum absolute atomic E-state index is 13.0. The van der Waals surface area contributed by atoms with Gasteiger partial charge in [-0.3, -0.25) is 0 Å². The lowest BCUT2D eigenvalue weighted by atomic mass is 9.99. The van der Waals surface area contributed by atoms with Gasteiger partial charge in [0.1, 0.15) is 5.82 Å². The van der Waals surface area contributed by atoms with Crippen LogP contribution in [0.4, 0.5) is 4.39 Å². The van der Waals surface area contributed by atoms with Crippen molar-refractivity contribution in [3.63, 3.8) is 0 Å². The van der Waals surface area contributed by atoms with Crippen molar-refractivity contribution < 1.29 is 4.39 Å². The quantitative estimate of drug-likeness (QED) is 0.774. The Kier molecular flexibility index (Phi) is 5.38. The SMILES string of the molecule is CC(C)c1ccc(C(C)NCc2ccc(F)cc2Cl)cc1. The van der Waals surface area contributed by atoms with Gasteiger partial charge in [-0.1, -0.05) is 55.8 Å². The van der Waals surface area contributed by atoms with Crippen molar-refractivity contribution in [3.05, 3.63) is 70.0 Å². The summed E-state index contributed by atoms with van der Waals surface area (Å²) in [5.41, 5.74) is 3.48. The smallest absolute Gasteiger partial charge is 0.124 e. The van der Waals surface area contributed by atoms with Gasteiger partial charge in [0.25, 0.3) is 0 Å². The minimum Gasteiger partial charge on any atom is -0.306 e. The van der Waals surface area contributed by atoms with Gasteiger partial charge >= 0.3 is 0 Å². The topological polar surface area (TPSA) is 12.0 Å². The molecule has 0 aliphatic heterocycles. The lowest BCUT2D eigenvalue weighted by molar-refractivity contribution is 0.572. The van der Waals surface area contributed by atoms with Crippen LogP contribution in [0.1, 0.15) is 49.4 Å². The van der Waals surface area contributed by atoms with Gasteiger partial charge in [-0.05, 0) is 41.7 Å². The summed E-state index contributed by atoms with van der Waals surface area (Å²) in [5, 5.41) is 3.88. The van der Waals surface area contributed by atoms with Crippen LogP contribution in [0.5, 0.6) is 0 Å². The molecule has 0 fully saturated rings. The van der Waals surface area contributed by atoms with Gasteiger partial charge < -0.3 is 5.32 Å². The molecular weight excluding hydrogens is 285 g/mol. The zero-order chi connectivity index (χ0) is 15.4. The Morgan fingerprint density at radius 3 is 2.19 bits per heavy atom. The molecule has 1 atom stereocenters. The normalized spacial score (nSPS) is 12.7. The Morgan fingerprint density at radius 2 is 1.62 bits per heavy atom. The van der Waals surface area contributed by atoms with Crippen LogP contribution in [0.25, 0.3) is 0 Å². The molecule has 0 spiro atoms. The molecule has 0 aliphatic carbocycles. The van der Waals surface area contributed by atoms with Crippen molar-refractivity contribution in [2.75, 3.05) is 0 Å². The second-order valence-electron chi connectivity index (χ2n) is 5.66. The molecule has 0 radical (unpaired) electrons. The van der Waals surface area contributed by atoms with Gasteiger partial charge in [0.15, 0.2) is 0 Å². The molecule has 0 heterocycles. The van der Waals surface area contributed by atoms with Crippen LogP contribution in [0, 0.1) is 5.82 Å². The summed E-state index contributed by atoms with van der Waals surface area (Å²) >= 11 is 6.03. The molecule has 0 amide bonds. The van der Waals surface area contributed by atoms with Crippen LogP contribution in [-0.2, 0) is 6.54 Å². The Balaban J connectivity index is 1.99. The van der Waals surface area contributed by atoms with E-state index >= 15 is 0 Å². The van der Waals surface area contributed by atoms with E-state index in [0.717, 1.165) is 5.56 Å². The van der Waals surface area contributed by atoms with Crippen molar-refractivity contribution in [1.82, 2.24) is 5.32 Å². The minimum absolute atomic E-state index is 0.215. The average molecular weight is 306 g/mol. The number of hydrogen-bond acceptors (Lipinski definition) is 1. The molecule has 1 nitrogen and oxygen atoms in total. The molecular formula is C18H21ClFN. The predicted octanol–water partition coefficient (Wildman–Crippen LogP) is 5.45. The lowest BCUT2D eigenvalue weighted by Crippen LogP contribution is -2.18. The third-order valence-corrected chi connectivity index (χ3v) is 4.07. The van der Waals surface area contributed by atoms with E-state index in [1.165, 1.54) is 23.3 Å². The maximum Gasteiger partial charge on any atom is 0.124 e. The van der Waals surface area contributed by atoms with E-state index in [9.17, 15) is 4.39 Å². The summed E-state index contributed by atoms with van der Waals surface area (Å²) in [7, 11) is 0. The van der Waals surface area contributed by atoms with Crippen molar-refractivity contribution in [2.45, 2.75) is 39.3 Å². The first-order valence-electron chi connectivity index (χ1n) is 7.24. The van der Waals surface area contributed by atoms with E-state index in [1.54, 1.807) is 6.07 Å². The Labute approximate surface area is 131 Å². The largest absolute Gasteiger partial charge is 0.306 e. The molecule has 0 aromatic heterocycles. The van der Waals surface area contributed by atoms with E-state index in [4.69, 9.17) is 11.6 Å². The summed E-state index contributed by atoms with van der Waals surface area (Å²) in [6.07, 6.45) is 0. The van der Waals surface area contributed by atoms with Crippen LogP contribution in [0.15, 0.2) is 42.5 Å². The highest BCUT2D eigenvalue weighted by molar-refractivity contribution is 6.31. The van der Waals surface area contributed by atoms with E-state index in [0.29, 0.717) is 17.5 Å². The maximum atomic E-state index is 13.0. The molecule has 2 aromatic rings. The number of hydrogen-bond donors (Lipinski definition) is 1. The monoisotopic (exact) mass is 305 g/mol. The third-order valence-electron chi connectivity index (χ3n) is 3.72. The lowest BCUT2D eigenvalue weighted by Gasteiger charge is -2.16. The summed E-state index contributed by atoms with van der Waals surface area (Å²) in [6.45, 7) is 7.11. The standard InChI is InChI=1S/C18H21ClFN/c1-12(2)14-4-6-15(7-5-14)13(3)21-11-16-8-9-17(20)10-18(16)19/h4-10,12-13,21H,11H2,1-3H3. The first-order valence-corrected chi connectivity index (χ1v) is 7.62. The number of rotatable bonds is 5. The van der Waals surface area contributed by atoms with Crippen molar-refractivity contribution in [3.8, 4) is 0 Å². The van der Waals surface area contributed by atoms with Crippen LogP contribution < -0.4 is 5.32 Å². The van der Waals surface area contributed by atoms with Gasteiger partial charge in [0, 0.05) is 17.6 Å². The number of halogens is 2. The fraction of sp³-hybridized carbons (Fsp3) is 0.333. The molecule has 0 bridgehead atoms. The van der Waals surface area contributed by atoms with Crippen LogP contribution in [0.2, 0.25) is 5.02 Å². The Morgan fingerprint density at radius 1 is 1.00 bits per heavy atom. The highest BCUT2D eigenvalue weighted by Gasteiger charge is 2.08. The van der Waals surface area contributed by atoms with Crippen molar-refractivity contribution >= 4 is 11.6 Å². The zero-order valence-electron chi connectivity index (χ0n) is 12.7. The van der Waals surface area contributed by atoms with Gasteiger partial charge in [-0.2, -0.15) is 0 Å². The molecule has 1 N–H and O–H groups in total. The van der Waals surface area contributed by atoms with E-state index < -0.39 is 0 Å². The fourth-order valence-electron chi connectivity index (χ4n) is 2.22. The minimum atomic E-state index is -0.305.